The number of carbonyl (C=O) groups excluding carboxylic acids is 2. The largest absolute Gasteiger partial charge is 0.490 e. The molecule has 1 aromatic heterocycles. The first-order chi connectivity index (χ1) is 20.7. The van der Waals surface area contributed by atoms with Crippen LogP contribution in [0.3, 0.4) is 0 Å². The Bertz CT molecular complexity index is 1910. The van der Waals surface area contributed by atoms with Gasteiger partial charge in [0.1, 0.15) is 5.69 Å². The lowest BCUT2D eigenvalue weighted by atomic mass is 10.0. The second-order valence-corrected chi connectivity index (χ2v) is 11.6. The molecule has 0 aliphatic carbocycles. The molecule has 218 valence electrons. The summed E-state index contributed by atoms with van der Waals surface area (Å²) in [5.41, 5.74) is 5.34. The van der Waals surface area contributed by atoms with Gasteiger partial charge in [-0.1, -0.05) is 80.5 Å². The van der Waals surface area contributed by atoms with Crippen LogP contribution < -0.4 is 14.9 Å². The first-order valence-corrected chi connectivity index (χ1v) is 15.0. The van der Waals surface area contributed by atoms with E-state index < -0.39 is 11.9 Å². The van der Waals surface area contributed by atoms with E-state index in [9.17, 15) is 9.59 Å². The van der Waals surface area contributed by atoms with Crippen LogP contribution in [-0.2, 0) is 0 Å². The standard InChI is InChI=1S/C31H20BrCl4N3O4/c1-2-42-26-11-16(7-10-25(26)43-31(41)20-9-8-18(33)14-23(20)35)15-37-39-30(40)29-27(19-5-3-4-6-22(19)34)21-12-17(32)13-24(36)28(21)38-29/h3-15,38H,2H2,1H3,(H,39,40). The lowest BCUT2D eigenvalue weighted by Crippen LogP contribution is -2.19. The van der Waals surface area contributed by atoms with Gasteiger partial charge < -0.3 is 14.5 Å². The van der Waals surface area contributed by atoms with Crippen LogP contribution >= 0.6 is 62.3 Å². The smallest absolute Gasteiger partial charge is 0.345 e. The number of benzene rings is 4. The highest BCUT2D eigenvalue weighted by Crippen LogP contribution is 2.40. The number of nitrogens with zero attached hydrogens (tertiary/aromatic N) is 1. The van der Waals surface area contributed by atoms with Crippen LogP contribution in [0.25, 0.3) is 22.0 Å². The Morgan fingerprint density at radius 1 is 0.930 bits per heavy atom. The molecule has 4 aromatic carbocycles. The summed E-state index contributed by atoms with van der Waals surface area (Å²) in [6.07, 6.45) is 1.43. The maximum Gasteiger partial charge on any atom is 0.345 e. The number of fused-ring (bicyclic) bond motifs is 1. The fraction of sp³-hybridized carbons (Fsp3) is 0.0645. The van der Waals surface area contributed by atoms with E-state index >= 15 is 0 Å². The van der Waals surface area contributed by atoms with Crippen molar-refractivity contribution in [3.05, 3.63) is 114 Å². The lowest BCUT2D eigenvalue weighted by molar-refractivity contribution is 0.0728. The van der Waals surface area contributed by atoms with Gasteiger partial charge in [0.05, 0.1) is 33.9 Å². The van der Waals surface area contributed by atoms with Gasteiger partial charge in [0, 0.05) is 31.0 Å². The number of nitrogens with one attached hydrogen (secondary N) is 2. The summed E-state index contributed by atoms with van der Waals surface area (Å²) >= 11 is 28.5. The van der Waals surface area contributed by atoms with Crippen molar-refractivity contribution in [3.8, 4) is 22.6 Å². The Morgan fingerprint density at radius 2 is 1.72 bits per heavy atom. The number of ether oxygens (including phenoxy) is 2. The average molecular weight is 720 g/mol. The number of aromatic nitrogens is 1. The fourth-order valence-corrected chi connectivity index (χ4v) is 5.89. The first-order valence-electron chi connectivity index (χ1n) is 12.7. The van der Waals surface area contributed by atoms with Gasteiger partial charge in [-0.15, -0.1) is 0 Å². The van der Waals surface area contributed by atoms with E-state index in [0.717, 1.165) is 4.47 Å². The van der Waals surface area contributed by atoms with Crippen LogP contribution in [0.15, 0.2) is 82.4 Å². The zero-order chi connectivity index (χ0) is 30.7. The van der Waals surface area contributed by atoms with Crippen molar-refractivity contribution in [2.24, 2.45) is 5.10 Å². The maximum absolute atomic E-state index is 13.4. The third kappa shape index (κ3) is 6.84. The highest BCUT2D eigenvalue weighted by molar-refractivity contribution is 9.10. The molecule has 5 aromatic rings. The minimum Gasteiger partial charge on any atom is -0.490 e. The maximum atomic E-state index is 13.4. The molecule has 43 heavy (non-hydrogen) atoms. The van der Waals surface area contributed by atoms with Gasteiger partial charge in [-0.05, 0) is 67.1 Å². The molecule has 1 heterocycles. The summed E-state index contributed by atoms with van der Waals surface area (Å²) in [4.78, 5) is 29.2. The Kier molecular flexibility index (Phi) is 9.64. The number of hydrazone groups is 1. The summed E-state index contributed by atoms with van der Waals surface area (Å²) in [5.74, 6) is -0.696. The van der Waals surface area contributed by atoms with Crippen molar-refractivity contribution in [1.82, 2.24) is 10.4 Å². The number of rotatable bonds is 8. The zero-order valence-corrected chi connectivity index (χ0v) is 26.8. The molecule has 0 unspecified atom stereocenters. The van der Waals surface area contributed by atoms with Gasteiger partial charge >= 0.3 is 5.97 Å². The van der Waals surface area contributed by atoms with Gasteiger partial charge in [-0.2, -0.15) is 5.10 Å². The number of halogens is 5. The van der Waals surface area contributed by atoms with E-state index in [-0.39, 0.29) is 22.0 Å². The molecule has 1 amide bonds. The minimum atomic E-state index is -0.670. The third-order valence-corrected chi connectivity index (χ3v) is 7.83. The van der Waals surface area contributed by atoms with E-state index in [2.05, 4.69) is 31.4 Å². The van der Waals surface area contributed by atoms with Crippen LogP contribution in [0.4, 0.5) is 0 Å². The van der Waals surface area contributed by atoms with Crippen molar-refractivity contribution in [2.75, 3.05) is 6.61 Å². The molecule has 2 N–H and O–H groups in total. The summed E-state index contributed by atoms with van der Waals surface area (Å²) in [6.45, 7) is 2.11. The second kappa shape index (κ2) is 13.4. The Morgan fingerprint density at radius 3 is 2.47 bits per heavy atom. The third-order valence-electron chi connectivity index (χ3n) is 6.20. The first kappa shape index (κ1) is 30.9. The van der Waals surface area contributed by atoms with E-state index in [4.69, 9.17) is 55.9 Å². The molecule has 0 saturated carbocycles. The van der Waals surface area contributed by atoms with Gasteiger partial charge in [0.25, 0.3) is 5.91 Å². The molecular weight excluding hydrogens is 700 g/mol. The summed E-state index contributed by atoms with van der Waals surface area (Å²) in [5, 5.41) is 6.31. The molecule has 0 aliphatic heterocycles. The molecule has 0 fully saturated rings. The number of esters is 1. The van der Waals surface area contributed by atoms with Crippen molar-refractivity contribution < 1.29 is 19.1 Å². The Labute approximate surface area is 274 Å². The number of amides is 1. The van der Waals surface area contributed by atoms with Gasteiger partial charge in [-0.3, -0.25) is 4.79 Å². The molecule has 0 radical (unpaired) electrons. The van der Waals surface area contributed by atoms with Crippen LogP contribution in [0.1, 0.15) is 33.3 Å². The van der Waals surface area contributed by atoms with Crippen LogP contribution in [0, 0.1) is 0 Å². The highest BCUT2D eigenvalue weighted by Gasteiger charge is 2.22. The number of carbonyl (C=O) groups is 2. The quantitative estimate of drug-likeness (QED) is 0.0723. The van der Waals surface area contributed by atoms with Crippen LogP contribution in [0.5, 0.6) is 11.5 Å². The van der Waals surface area contributed by atoms with Crippen molar-refractivity contribution in [2.45, 2.75) is 6.92 Å². The van der Waals surface area contributed by atoms with Crippen LogP contribution in [-0.4, -0.2) is 29.7 Å². The summed E-state index contributed by atoms with van der Waals surface area (Å²) in [7, 11) is 0. The molecule has 0 aliphatic rings. The normalized spacial score (nSPS) is 11.2. The minimum absolute atomic E-state index is 0.156. The Hall–Kier alpha value is -3.53. The van der Waals surface area contributed by atoms with Gasteiger partial charge in [0.15, 0.2) is 11.5 Å². The molecule has 7 nitrogen and oxygen atoms in total. The monoisotopic (exact) mass is 717 g/mol. The fourth-order valence-electron chi connectivity index (χ4n) is 4.32. The van der Waals surface area contributed by atoms with Crippen molar-refractivity contribution >= 4 is 91.3 Å². The molecule has 5 rings (SSSR count). The highest BCUT2D eigenvalue weighted by atomic mass is 79.9. The second-order valence-electron chi connectivity index (χ2n) is 9.02. The number of hydrogen-bond donors (Lipinski definition) is 2. The molecule has 0 spiro atoms. The molecule has 12 heteroatoms. The molecule has 0 bridgehead atoms. The predicted molar refractivity (Wildman–Crippen MR) is 176 cm³/mol. The zero-order valence-electron chi connectivity index (χ0n) is 22.2. The van der Waals surface area contributed by atoms with E-state index in [1.807, 2.05) is 24.3 Å². The van der Waals surface area contributed by atoms with Gasteiger partial charge in [0.2, 0.25) is 0 Å². The van der Waals surface area contributed by atoms with Gasteiger partial charge in [-0.25, -0.2) is 10.2 Å². The lowest BCUT2D eigenvalue weighted by Gasteiger charge is -2.12. The summed E-state index contributed by atoms with van der Waals surface area (Å²) < 4.78 is 12.0. The summed E-state index contributed by atoms with van der Waals surface area (Å²) in [6, 6.07) is 20.1. The number of H-pyrrole nitrogens is 1. The van der Waals surface area contributed by atoms with E-state index in [1.165, 1.54) is 18.3 Å². The molecule has 0 saturated heterocycles. The average Bonchev–Trinajstić information content (AvgIpc) is 3.34. The SMILES string of the molecule is CCOc1cc(C=NNC(=O)c2[nH]c3c(Cl)cc(Br)cc3c2-c2ccccc2Cl)ccc1OC(=O)c1ccc(Cl)cc1Cl. The van der Waals surface area contributed by atoms with E-state index in [1.54, 1.807) is 43.3 Å². The molecular formula is C31H20BrCl4N3O4. The van der Waals surface area contributed by atoms with Crippen LogP contribution in [0.2, 0.25) is 20.1 Å². The topological polar surface area (TPSA) is 92.8 Å². The Balaban J connectivity index is 1.40. The number of aromatic amines is 1. The predicted octanol–water partition coefficient (Wildman–Crippen LogP) is 9.59. The van der Waals surface area contributed by atoms with Crippen molar-refractivity contribution in [3.63, 3.8) is 0 Å². The molecule has 0 atom stereocenters. The van der Waals surface area contributed by atoms with Crippen molar-refractivity contribution in [1.29, 1.82) is 0 Å². The van der Waals surface area contributed by atoms with E-state index in [0.29, 0.717) is 55.0 Å². The number of hydrogen-bond acceptors (Lipinski definition) is 5.